The third-order valence-electron chi connectivity index (χ3n) is 3.31. The summed E-state index contributed by atoms with van der Waals surface area (Å²) in [5.74, 6) is 0.184. The second-order valence-corrected chi connectivity index (χ2v) is 4.94. The van der Waals surface area contributed by atoms with Crippen LogP contribution in [-0.2, 0) is 0 Å². The van der Waals surface area contributed by atoms with Crippen LogP contribution in [0, 0.1) is 0 Å². The molecule has 5 heteroatoms. The molecule has 0 saturated heterocycles. The van der Waals surface area contributed by atoms with Crippen molar-refractivity contribution in [3.05, 3.63) is 72.3 Å². The molecule has 3 N–H and O–H groups in total. The fraction of sp³-hybridized carbons (Fsp3) is 0. The van der Waals surface area contributed by atoms with E-state index in [0.29, 0.717) is 0 Å². The quantitative estimate of drug-likeness (QED) is 0.510. The highest BCUT2D eigenvalue weighted by Crippen LogP contribution is 2.22. The van der Waals surface area contributed by atoms with Gasteiger partial charge in [-0.1, -0.05) is 36.4 Å². The van der Waals surface area contributed by atoms with Gasteiger partial charge < -0.3 is 10.4 Å². The zero-order chi connectivity index (χ0) is 16.1. The Balaban J connectivity index is 1.66. The number of fused-ring (bicyclic) bond motifs is 1. The van der Waals surface area contributed by atoms with Crippen LogP contribution in [0.3, 0.4) is 0 Å². The maximum atomic E-state index is 11.9. The first-order chi connectivity index (χ1) is 11.2. The molecular formula is C18H15N3O2. The molecule has 0 saturated carbocycles. The van der Waals surface area contributed by atoms with Crippen LogP contribution in [0.5, 0.6) is 5.75 Å². The van der Waals surface area contributed by atoms with Crippen LogP contribution in [0.1, 0.15) is 5.56 Å². The number of carbonyl (C=O) groups excluding carboxylic acids is 1. The number of rotatable bonds is 3. The van der Waals surface area contributed by atoms with E-state index in [4.69, 9.17) is 0 Å². The highest BCUT2D eigenvalue weighted by Gasteiger charge is 2.03. The fourth-order valence-corrected chi connectivity index (χ4v) is 2.21. The Labute approximate surface area is 133 Å². The van der Waals surface area contributed by atoms with E-state index >= 15 is 0 Å². The number of nitrogens with one attached hydrogen (secondary N) is 2. The SMILES string of the molecule is O=C(N/N=C/c1ccc(O)cc1)Nc1cccc2ccccc12. The van der Waals surface area contributed by atoms with Crippen LogP contribution in [0.15, 0.2) is 71.8 Å². The van der Waals surface area contributed by atoms with Crippen molar-refractivity contribution in [3.63, 3.8) is 0 Å². The molecule has 0 bridgehead atoms. The van der Waals surface area contributed by atoms with Crippen LogP contribution in [0.2, 0.25) is 0 Å². The Morgan fingerprint density at radius 1 is 0.957 bits per heavy atom. The fourth-order valence-electron chi connectivity index (χ4n) is 2.21. The molecular weight excluding hydrogens is 290 g/mol. The van der Waals surface area contributed by atoms with E-state index < -0.39 is 6.03 Å². The van der Waals surface area contributed by atoms with Gasteiger partial charge in [0.05, 0.1) is 11.9 Å². The monoisotopic (exact) mass is 305 g/mol. The van der Waals surface area contributed by atoms with Crippen molar-refractivity contribution in [2.75, 3.05) is 5.32 Å². The number of aromatic hydroxyl groups is 1. The van der Waals surface area contributed by atoms with Crippen LogP contribution in [0.4, 0.5) is 10.5 Å². The number of hydrazone groups is 1. The summed E-state index contributed by atoms with van der Waals surface area (Å²) in [6, 6.07) is 19.6. The molecule has 0 radical (unpaired) electrons. The van der Waals surface area contributed by atoms with Crippen LogP contribution >= 0.6 is 0 Å². The standard InChI is InChI=1S/C18H15N3O2/c22-15-10-8-13(9-11-15)12-19-21-18(23)20-17-7-3-5-14-4-1-2-6-16(14)17/h1-12,22H,(H2,20,21,23)/b19-12+. The van der Waals surface area contributed by atoms with Gasteiger partial charge in [-0.2, -0.15) is 5.10 Å². The molecule has 0 fully saturated rings. The van der Waals surface area contributed by atoms with E-state index in [2.05, 4.69) is 15.8 Å². The lowest BCUT2D eigenvalue weighted by Crippen LogP contribution is -2.24. The summed E-state index contributed by atoms with van der Waals surface area (Å²) in [6.07, 6.45) is 1.50. The largest absolute Gasteiger partial charge is 0.508 e. The normalized spacial score (nSPS) is 10.8. The number of phenols is 1. The lowest BCUT2D eigenvalue weighted by atomic mass is 10.1. The second-order valence-electron chi connectivity index (χ2n) is 4.94. The lowest BCUT2D eigenvalue weighted by molar-refractivity contribution is 0.252. The van der Waals surface area contributed by atoms with Crippen molar-refractivity contribution in [3.8, 4) is 5.75 Å². The van der Waals surface area contributed by atoms with Crippen molar-refractivity contribution in [1.29, 1.82) is 0 Å². The Hall–Kier alpha value is -3.34. The maximum Gasteiger partial charge on any atom is 0.339 e. The van der Waals surface area contributed by atoms with E-state index in [-0.39, 0.29) is 5.75 Å². The topological polar surface area (TPSA) is 73.7 Å². The molecule has 0 aliphatic carbocycles. The molecule has 0 atom stereocenters. The predicted molar refractivity (Wildman–Crippen MR) is 91.8 cm³/mol. The minimum atomic E-state index is -0.420. The highest BCUT2D eigenvalue weighted by molar-refractivity contribution is 6.01. The molecule has 0 aliphatic rings. The number of nitrogens with zero attached hydrogens (tertiary/aromatic N) is 1. The maximum absolute atomic E-state index is 11.9. The van der Waals surface area contributed by atoms with Gasteiger partial charge in [0.15, 0.2) is 0 Å². The number of benzene rings is 3. The highest BCUT2D eigenvalue weighted by atomic mass is 16.3. The summed E-state index contributed by atoms with van der Waals surface area (Å²) in [6.45, 7) is 0. The van der Waals surface area contributed by atoms with Crippen molar-refractivity contribution >= 4 is 28.7 Å². The smallest absolute Gasteiger partial charge is 0.339 e. The molecule has 3 rings (SSSR count). The number of hydrogen-bond acceptors (Lipinski definition) is 3. The Morgan fingerprint density at radius 2 is 1.70 bits per heavy atom. The summed E-state index contributed by atoms with van der Waals surface area (Å²) >= 11 is 0. The zero-order valence-corrected chi connectivity index (χ0v) is 12.2. The molecule has 0 unspecified atom stereocenters. The van der Waals surface area contributed by atoms with Crippen molar-refractivity contribution in [1.82, 2.24) is 5.43 Å². The van der Waals surface area contributed by atoms with Crippen molar-refractivity contribution in [2.45, 2.75) is 0 Å². The van der Waals surface area contributed by atoms with E-state index in [0.717, 1.165) is 22.0 Å². The third-order valence-corrected chi connectivity index (χ3v) is 3.31. The number of phenolic OH excluding ortho intramolecular Hbond substituents is 1. The molecule has 3 aromatic carbocycles. The predicted octanol–water partition coefficient (Wildman–Crippen LogP) is 3.70. The summed E-state index contributed by atoms with van der Waals surface area (Å²) in [5, 5.41) is 17.9. The molecule has 23 heavy (non-hydrogen) atoms. The second kappa shape index (κ2) is 6.62. The first-order valence-electron chi connectivity index (χ1n) is 7.09. The minimum absolute atomic E-state index is 0.184. The zero-order valence-electron chi connectivity index (χ0n) is 12.2. The van der Waals surface area contributed by atoms with Gasteiger partial charge in [-0.25, -0.2) is 10.2 Å². The molecule has 2 amide bonds. The van der Waals surface area contributed by atoms with E-state index in [1.165, 1.54) is 6.21 Å². The number of carbonyl (C=O) groups is 1. The molecule has 5 nitrogen and oxygen atoms in total. The summed E-state index contributed by atoms with van der Waals surface area (Å²) in [7, 11) is 0. The number of anilines is 1. The Morgan fingerprint density at radius 3 is 2.52 bits per heavy atom. The van der Waals surface area contributed by atoms with Gasteiger partial charge in [0.25, 0.3) is 0 Å². The Kier molecular flexibility index (Phi) is 4.20. The molecule has 0 heterocycles. The van der Waals surface area contributed by atoms with Crippen LogP contribution in [0.25, 0.3) is 10.8 Å². The number of hydrogen-bond donors (Lipinski definition) is 3. The lowest BCUT2D eigenvalue weighted by Gasteiger charge is -2.07. The first kappa shape index (κ1) is 14.6. The Bertz CT molecular complexity index is 852. The van der Waals surface area contributed by atoms with E-state index in [1.807, 2.05) is 42.5 Å². The average Bonchev–Trinajstić information content (AvgIpc) is 2.57. The van der Waals surface area contributed by atoms with Gasteiger partial charge in [-0.15, -0.1) is 0 Å². The van der Waals surface area contributed by atoms with Gasteiger partial charge in [0.2, 0.25) is 0 Å². The summed E-state index contributed by atoms with van der Waals surface area (Å²) < 4.78 is 0. The van der Waals surface area contributed by atoms with Crippen LogP contribution in [-0.4, -0.2) is 17.4 Å². The van der Waals surface area contributed by atoms with Gasteiger partial charge in [-0.05, 0) is 41.3 Å². The van der Waals surface area contributed by atoms with E-state index in [1.54, 1.807) is 24.3 Å². The third kappa shape index (κ3) is 3.65. The molecule has 3 aromatic rings. The van der Waals surface area contributed by atoms with Gasteiger partial charge in [0.1, 0.15) is 5.75 Å². The van der Waals surface area contributed by atoms with Gasteiger partial charge in [-0.3, -0.25) is 0 Å². The molecule has 0 spiro atoms. The molecule has 0 aromatic heterocycles. The minimum Gasteiger partial charge on any atom is -0.508 e. The summed E-state index contributed by atoms with van der Waals surface area (Å²) in [4.78, 5) is 11.9. The molecule has 114 valence electrons. The van der Waals surface area contributed by atoms with Gasteiger partial charge in [0, 0.05) is 5.39 Å². The average molecular weight is 305 g/mol. The molecule has 0 aliphatic heterocycles. The number of urea groups is 1. The summed E-state index contributed by atoms with van der Waals surface area (Å²) in [5.41, 5.74) is 3.91. The number of amides is 2. The first-order valence-corrected chi connectivity index (χ1v) is 7.09. The van der Waals surface area contributed by atoms with Gasteiger partial charge >= 0.3 is 6.03 Å². The van der Waals surface area contributed by atoms with Crippen LogP contribution < -0.4 is 10.7 Å². The van der Waals surface area contributed by atoms with Crippen molar-refractivity contribution < 1.29 is 9.90 Å². The van der Waals surface area contributed by atoms with Crippen molar-refractivity contribution in [2.24, 2.45) is 5.10 Å². The van der Waals surface area contributed by atoms with E-state index in [9.17, 15) is 9.90 Å².